The number of carbonyl (C=O) groups excluding carboxylic acids is 1. The van der Waals surface area contributed by atoms with Gasteiger partial charge in [-0.2, -0.15) is 5.10 Å². The summed E-state index contributed by atoms with van der Waals surface area (Å²) in [6, 6.07) is 11.7. The third kappa shape index (κ3) is 4.94. The summed E-state index contributed by atoms with van der Waals surface area (Å²) in [7, 11) is 4.64. The maximum atomic E-state index is 12.9. The van der Waals surface area contributed by atoms with Gasteiger partial charge in [0.25, 0.3) is 5.91 Å². The van der Waals surface area contributed by atoms with Gasteiger partial charge in [0.2, 0.25) is 5.75 Å². The van der Waals surface area contributed by atoms with Gasteiger partial charge in [0, 0.05) is 6.54 Å². The van der Waals surface area contributed by atoms with E-state index in [1.54, 1.807) is 45.1 Å². The minimum atomic E-state index is -0.300. The van der Waals surface area contributed by atoms with Crippen molar-refractivity contribution < 1.29 is 19.0 Å². The fourth-order valence-electron chi connectivity index (χ4n) is 3.29. The topological polar surface area (TPSA) is 74.6 Å². The van der Waals surface area contributed by atoms with E-state index in [9.17, 15) is 4.79 Å². The highest BCUT2D eigenvalue weighted by Crippen LogP contribution is 2.38. The lowest BCUT2D eigenvalue weighted by Crippen LogP contribution is -2.23. The molecule has 1 heterocycles. The fourth-order valence-corrected chi connectivity index (χ4v) is 3.61. The van der Waals surface area contributed by atoms with Crippen LogP contribution < -0.4 is 19.5 Å². The summed E-state index contributed by atoms with van der Waals surface area (Å²) < 4.78 is 17.7. The van der Waals surface area contributed by atoms with Crippen LogP contribution in [0.5, 0.6) is 17.2 Å². The Labute approximate surface area is 186 Å². The third-order valence-corrected chi connectivity index (χ3v) is 5.31. The number of halogens is 1. The summed E-state index contributed by atoms with van der Waals surface area (Å²) in [6.07, 6.45) is 0. The van der Waals surface area contributed by atoms with Gasteiger partial charge in [-0.15, -0.1) is 0 Å². The van der Waals surface area contributed by atoms with Crippen LogP contribution in [-0.2, 0) is 13.1 Å². The number of nitrogens with zero attached hydrogens (tertiary/aromatic N) is 2. The zero-order valence-corrected chi connectivity index (χ0v) is 19.0. The number of aromatic nitrogens is 2. The van der Waals surface area contributed by atoms with E-state index < -0.39 is 0 Å². The van der Waals surface area contributed by atoms with Crippen LogP contribution in [0, 0.1) is 13.8 Å². The van der Waals surface area contributed by atoms with E-state index in [1.807, 2.05) is 31.2 Å². The molecule has 3 aromatic rings. The smallest absolute Gasteiger partial charge is 0.256 e. The van der Waals surface area contributed by atoms with Crippen LogP contribution >= 0.6 is 11.6 Å². The molecule has 0 unspecified atom stereocenters. The number of methoxy groups -OCH3 is 3. The summed E-state index contributed by atoms with van der Waals surface area (Å²) in [5.74, 6) is 1.24. The lowest BCUT2D eigenvalue weighted by Gasteiger charge is -2.14. The molecule has 164 valence electrons. The van der Waals surface area contributed by atoms with Crippen LogP contribution in [0.3, 0.4) is 0 Å². The molecular weight excluding hydrogens is 418 g/mol. The molecule has 0 fully saturated rings. The average molecular weight is 444 g/mol. The summed E-state index contributed by atoms with van der Waals surface area (Å²) >= 11 is 6.51. The van der Waals surface area contributed by atoms with Crippen molar-refractivity contribution in [1.29, 1.82) is 0 Å². The van der Waals surface area contributed by atoms with Crippen LogP contribution in [0.4, 0.5) is 0 Å². The molecule has 0 bridgehead atoms. The van der Waals surface area contributed by atoms with Crippen LogP contribution in [-0.4, -0.2) is 37.0 Å². The molecule has 0 saturated carbocycles. The van der Waals surface area contributed by atoms with Gasteiger partial charge in [0.15, 0.2) is 11.5 Å². The van der Waals surface area contributed by atoms with E-state index in [1.165, 1.54) is 5.56 Å². The summed E-state index contributed by atoms with van der Waals surface area (Å²) in [5, 5.41) is 7.65. The molecule has 31 heavy (non-hydrogen) atoms. The average Bonchev–Trinajstić information content (AvgIpc) is 3.05. The van der Waals surface area contributed by atoms with Gasteiger partial charge in [0.05, 0.1) is 39.1 Å². The lowest BCUT2D eigenvalue weighted by atomic mass is 10.1. The number of carbonyl (C=O) groups is 1. The lowest BCUT2D eigenvalue weighted by molar-refractivity contribution is 0.0950. The largest absolute Gasteiger partial charge is 0.493 e. The first-order valence-corrected chi connectivity index (χ1v) is 10.1. The Balaban J connectivity index is 1.77. The van der Waals surface area contributed by atoms with Gasteiger partial charge < -0.3 is 19.5 Å². The first kappa shape index (κ1) is 22.5. The molecule has 0 radical (unpaired) electrons. The molecule has 0 saturated heterocycles. The van der Waals surface area contributed by atoms with Crippen LogP contribution in [0.25, 0.3) is 0 Å². The van der Waals surface area contributed by atoms with Crippen molar-refractivity contribution in [2.75, 3.05) is 21.3 Å². The number of amides is 1. The van der Waals surface area contributed by atoms with Gasteiger partial charge in [-0.3, -0.25) is 4.79 Å². The van der Waals surface area contributed by atoms with Gasteiger partial charge in [0.1, 0.15) is 5.15 Å². The van der Waals surface area contributed by atoms with Crippen molar-refractivity contribution in [3.63, 3.8) is 0 Å². The molecule has 2 aromatic carbocycles. The van der Waals surface area contributed by atoms with Crippen molar-refractivity contribution >= 4 is 17.5 Å². The van der Waals surface area contributed by atoms with Crippen molar-refractivity contribution in [1.82, 2.24) is 15.1 Å². The summed E-state index contributed by atoms with van der Waals surface area (Å²) in [5.41, 5.74) is 3.96. The summed E-state index contributed by atoms with van der Waals surface area (Å²) in [6.45, 7) is 4.55. The Morgan fingerprint density at radius 1 is 1.00 bits per heavy atom. The summed E-state index contributed by atoms with van der Waals surface area (Å²) in [4.78, 5) is 12.9. The second-order valence-corrected chi connectivity index (χ2v) is 7.47. The van der Waals surface area contributed by atoms with E-state index in [2.05, 4.69) is 10.4 Å². The molecule has 1 amide bonds. The second-order valence-electron chi connectivity index (χ2n) is 7.11. The number of nitrogens with one attached hydrogen (secondary N) is 1. The van der Waals surface area contributed by atoms with Crippen LogP contribution in [0.2, 0.25) is 5.15 Å². The Bertz CT molecular complexity index is 1050. The van der Waals surface area contributed by atoms with Gasteiger partial charge in [-0.25, -0.2) is 4.68 Å². The predicted octanol–water partition coefficient (Wildman–Crippen LogP) is 4.16. The molecule has 8 heteroatoms. The molecule has 0 aliphatic carbocycles. The standard InChI is InChI=1S/C23H26ClN3O4/c1-14-6-8-16(9-7-14)13-27-22(24)20(15(2)26-27)23(28)25-12-17-10-18(29-3)21(31-5)19(11-17)30-4/h6-11H,12-13H2,1-5H3,(H,25,28). The SMILES string of the molecule is COc1cc(CNC(=O)c2c(C)nn(Cc3ccc(C)cc3)c2Cl)cc(OC)c1OC. The van der Waals surface area contributed by atoms with Crippen molar-refractivity contribution in [2.24, 2.45) is 0 Å². The van der Waals surface area contributed by atoms with E-state index in [0.717, 1.165) is 11.1 Å². The molecule has 3 rings (SSSR count). The molecule has 1 N–H and O–H groups in total. The Kier molecular flexibility index (Phi) is 7.07. The Morgan fingerprint density at radius 2 is 1.61 bits per heavy atom. The number of benzene rings is 2. The van der Waals surface area contributed by atoms with Crippen molar-refractivity contribution in [3.05, 3.63) is 69.5 Å². The second kappa shape index (κ2) is 9.75. The van der Waals surface area contributed by atoms with Gasteiger partial charge in [-0.1, -0.05) is 41.4 Å². The molecule has 1 aromatic heterocycles. The third-order valence-electron chi connectivity index (χ3n) is 4.92. The zero-order chi connectivity index (χ0) is 22.5. The molecule has 0 aliphatic heterocycles. The Morgan fingerprint density at radius 3 is 2.16 bits per heavy atom. The van der Waals surface area contributed by atoms with E-state index >= 15 is 0 Å². The quantitative estimate of drug-likeness (QED) is 0.566. The molecule has 0 aliphatic rings. The minimum absolute atomic E-state index is 0.258. The highest BCUT2D eigenvalue weighted by atomic mass is 35.5. The number of aryl methyl sites for hydroxylation is 2. The van der Waals surface area contributed by atoms with E-state index in [4.69, 9.17) is 25.8 Å². The first-order chi connectivity index (χ1) is 14.9. The maximum absolute atomic E-state index is 12.9. The highest BCUT2D eigenvalue weighted by molar-refractivity contribution is 6.33. The number of hydrogen-bond acceptors (Lipinski definition) is 5. The first-order valence-electron chi connectivity index (χ1n) is 9.73. The Hall–Kier alpha value is -3.19. The van der Waals surface area contributed by atoms with E-state index in [-0.39, 0.29) is 12.5 Å². The van der Waals surface area contributed by atoms with Crippen molar-refractivity contribution in [2.45, 2.75) is 26.9 Å². The maximum Gasteiger partial charge on any atom is 0.256 e. The number of rotatable bonds is 8. The predicted molar refractivity (Wildman–Crippen MR) is 120 cm³/mol. The van der Waals surface area contributed by atoms with Gasteiger partial charge >= 0.3 is 0 Å². The molecule has 0 atom stereocenters. The number of hydrogen-bond donors (Lipinski definition) is 1. The van der Waals surface area contributed by atoms with Crippen molar-refractivity contribution in [3.8, 4) is 17.2 Å². The normalized spacial score (nSPS) is 10.6. The van der Waals surface area contributed by atoms with E-state index in [0.29, 0.717) is 40.2 Å². The van der Waals surface area contributed by atoms with Gasteiger partial charge in [-0.05, 0) is 37.1 Å². The monoisotopic (exact) mass is 443 g/mol. The van der Waals surface area contributed by atoms with Crippen LogP contribution in [0.1, 0.15) is 32.7 Å². The highest BCUT2D eigenvalue weighted by Gasteiger charge is 2.21. The minimum Gasteiger partial charge on any atom is -0.493 e. The molecule has 7 nitrogen and oxygen atoms in total. The zero-order valence-electron chi connectivity index (χ0n) is 18.3. The molecule has 0 spiro atoms. The van der Waals surface area contributed by atoms with Crippen LogP contribution in [0.15, 0.2) is 36.4 Å². The number of ether oxygens (including phenoxy) is 3. The molecular formula is C23H26ClN3O4. The fraction of sp³-hybridized carbons (Fsp3) is 0.304.